The second-order valence-electron chi connectivity index (χ2n) is 6.14. The Bertz CT molecular complexity index is 854. The van der Waals surface area contributed by atoms with Crippen LogP contribution in [0.25, 0.3) is 10.8 Å². The van der Waals surface area contributed by atoms with E-state index in [1.807, 2.05) is 47.5 Å². The number of aliphatic hydroxyl groups excluding tert-OH is 1. The van der Waals surface area contributed by atoms with Crippen LogP contribution in [0, 0.1) is 0 Å². The number of nitrogens with zero attached hydrogens (tertiary/aromatic N) is 1. The number of hydrogen-bond donors (Lipinski definition) is 1. The van der Waals surface area contributed by atoms with Crippen molar-refractivity contribution in [3.8, 4) is 0 Å². The Morgan fingerprint density at radius 2 is 1.71 bits per heavy atom. The highest BCUT2D eigenvalue weighted by Crippen LogP contribution is 2.46. The number of alkyl halides is 1. The maximum atomic E-state index is 9.98. The first kappa shape index (κ1) is 15.6. The molecule has 24 heavy (non-hydrogen) atoms. The van der Waals surface area contributed by atoms with Crippen LogP contribution in [0.1, 0.15) is 11.6 Å². The average molecular weight is 384 g/mol. The third-order valence-corrected chi connectivity index (χ3v) is 5.44. The third-order valence-electron chi connectivity index (χ3n) is 4.53. The van der Waals surface area contributed by atoms with E-state index in [0.717, 1.165) is 11.3 Å². The molecule has 122 valence electrons. The van der Waals surface area contributed by atoms with Crippen LogP contribution in [0.15, 0.2) is 72.8 Å². The summed E-state index contributed by atoms with van der Waals surface area (Å²) in [5.74, 6) is 0. The summed E-state index contributed by atoms with van der Waals surface area (Å²) < 4.78 is -0.536. The van der Waals surface area contributed by atoms with Gasteiger partial charge in [0.1, 0.15) is 10.4 Å². The summed E-state index contributed by atoms with van der Waals surface area (Å²) in [7, 11) is 0. The minimum absolute atomic E-state index is 0.00612. The molecule has 0 amide bonds. The molecule has 2 atom stereocenters. The highest BCUT2D eigenvalue weighted by atomic mass is 79.9. The summed E-state index contributed by atoms with van der Waals surface area (Å²) in [4.78, 5) is 5.95. The maximum Gasteiger partial charge on any atom is 0.101 e. The van der Waals surface area contributed by atoms with Gasteiger partial charge in [0.25, 0.3) is 0 Å². The topological polar surface area (TPSA) is 32.7 Å². The second-order valence-corrected chi connectivity index (χ2v) is 7.72. The van der Waals surface area contributed by atoms with Gasteiger partial charge in [0.2, 0.25) is 0 Å². The zero-order valence-electron chi connectivity index (χ0n) is 13.1. The molecule has 0 aromatic heterocycles. The molecule has 4 heteroatoms. The van der Waals surface area contributed by atoms with Crippen molar-refractivity contribution in [3.63, 3.8) is 0 Å². The zero-order valence-corrected chi connectivity index (χ0v) is 14.7. The molecule has 1 saturated heterocycles. The SMILES string of the molecule is OC[C@@]1(Br)CON(c2ccccc2)[C@@H]1c1ccc2ccccc2c1. The van der Waals surface area contributed by atoms with Crippen molar-refractivity contribution in [2.24, 2.45) is 0 Å². The average Bonchev–Trinajstić information content (AvgIpc) is 3.00. The van der Waals surface area contributed by atoms with Gasteiger partial charge in [-0.3, -0.25) is 4.84 Å². The van der Waals surface area contributed by atoms with Gasteiger partial charge in [-0.1, -0.05) is 70.5 Å². The van der Waals surface area contributed by atoms with Crippen molar-refractivity contribution in [1.29, 1.82) is 0 Å². The number of rotatable bonds is 3. The Balaban J connectivity index is 1.82. The fourth-order valence-electron chi connectivity index (χ4n) is 3.28. The van der Waals surface area contributed by atoms with Crippen LogP contribution < -0.4 is 5.06 Å². The molecule has 3 aromatic rings. The molecule has 3 aromatic carbocycles. The van der Waals surface area contributed by atoms with Crippen LogP contribution >= 0.6 is 15.9 Å². The Kier molecular flexibility index (Phi) is 4.04. The summed E-state index contributed by atoms with van der Waals surface area (Å²) in [5, 5.41) is 14.3. The number of aliphatic hydroxyl groups is 1. The van der Waals surface area contributed by atoms with Crippen LogP contribution in [0.3, 0.4) is 0 Å². The highest BCUT2D eigenvalue weighted by Gasteiger charge is 2.48. The van der Waals surface area contributed by atoms with Gasteiger partial charge in [-0.15, -0.1) is 0 Å². The number of anilines is 1. The molecule has 1 fully saturated rings. The maximum absolute atomic E-state index is 9.98. The highest BCUT2D eigenvalue weighted by molar-refractivity contribution is 9.10. The van der Waals surface area contributed by atoms with Gasteiger partial charge in [0, 0.05) is 0 Å². The predicted octanol–water partition coefficient (Wildman–Crippen LogP) is 4.46. The van der Waals surface area contributed by atoms with E-state index in [0.29, 0.717) is 6.61 Å². The van der Waals surface area contributed by atoms with E-state index in [4.69, 9.17) is 4.84 Å². The summed E-state index contributed by atoms with van der Waals surface area (Å²) in [6, 6.07) is 24.6. The fraction of sp³-hybridized carbons (Fsp3) is 0.200. The standard InChI is InChI=1S/C20H18BrNO2/c21-20(13-23)14-24-22(18-8-2-1-3-9-18)19(20)17-11-10-15-6-4-5-7-16(15)12-17/h1-12,19,23H,13-14H2/t19-,20-/m1/s1. The van der Waals surface area contributed by atoms with E-state index in [2.05, 4.69) is 46.3 Å². The molecule has 0 saturated carbocycles. The van der Waals surface area contributed by atoms with Crippen molar-refractivity contribution in [3.05, 3.63) is 78.4 Å². The van der Waals surface area contributed by atoms with Gasteiger partial charge in [0.05, 0.1) is 18.9 Å². The number of hydrogen-bond acceptors (Lipinski definition) is 3. The van der Waals surface area contributed by atoms with E-state index >= 15 is 0 Å². The molecular weight excluding hydrogens is 366 g/mol. The number of halogens is 1. The largest absolute Gasteiger partial charge is 0.395 e. The number of para-hydroxylation sites is 1. The van der Waals surface area contributed by atoms with Crippen molar-refractivity contribution >= 4 is 32.4 Å². The number of hydroxylamine groups is 1. The van der Waals surface area contributed by atoms with Gasteiger partial charge in [-0.2, -0.15) is 0 Å². The molecule has 1 aliphatic heterocycles. The first-order valence-corrected chi connectivity index (χ1v) is 8.76. The Hall–Kier alpha value is -1.88. The Morgan fingerprint density at radius 1 is 1.00 bits per heavy atom. The third kappa shape index (κ3) is 2.61. The summed E-state index contributed by atoms with van der Waals surface area (Å²) in [6.45, 7) is 0.406. The van der Waals surface area contributed by atoms with E-state index in [-0.39, 0.29) is 12.6 Å². The molecule has 0 unspecified atom stereocenters. The molecule has 0 bridgehead atoms. The van der Waals surface area contributed by atoms with Gasteiger partial charge in [0.15, 0.2) is 0 Å². The quantitative estimate of drug-likeness (QED) is 0.677. The van der Waals surface area contributed by atoms with Crippen molar-refractivity contribution in [2.45, 2.75) is 10.4 Å². The molecule has 0 spiro atoms. The Morgan fingerprint density at radius 3 is 2.46 bits per heavy atom. The van der Waals surface area contributed by atoms with Crippen molar-refractivity contribution in [1.82, 2.24) is 0 Å². The van der Waals surface area contributed by atoms with Crippen molar-refractivity contribution < 1.29 is 9.94 Å². The molecule has 1 heterocycles. The normalized spacial score (nSPS) is 23.8. The van der Waals surface area contributed by atoms with Crippen LogP contribution in [-0.4, -0.2) is 22.6 Å². The van der Waals surface area contributed by atoms with Gasteiger partial charge >= 0.3 is 0 Å². The van der Waals surface area contributed by atoms with Crippen LogP contribution in [0.4, 0.5) is 5.69 Å². The monoisotopic (exact) mass is 383 g/mol. The lowest BCUT2D eigenvalue weighted by Crippen LogP contribution is -2.36. The summed E-state index contributed by atoms with van der Waals surface area (Å²) in [6.07, 6.45) is 0. The van der Waals surface area contributed by atoms with E-state index in [1.165, 1.54) is 10.8 Å². The summed E-state index contributed by atoms with van der Waals surface area (Å²) >= 11 is 3.73. The lowest BCUT2D eigenvalue weighted by Gasteiger charge is -2.31. The molecule has 0 aliphatic carbocycles. The second kappa shape index (κ2) is 6.20. The van der Waals surface area contributed by atoms with E-state index in [9.17, 15) is 5.11 Å². The minimum Gasteiger partial charge on any atom is -0.395 e. The Labute approximate surface area is 149 Å². The van der Waals surface area contributed by atoms with Crippen molar-refractivity contribution in [2.75, 3.05) is 18.3 Å². The molecule has 3 nitrogen and oxygen atoms in total. The van der Waals surface area contributed by atoms with Gasteiger partial charge in [-0.25, -0.2) is 5.06 Å². The lowest BCUT2D eigenvalue weighted by atomic mass is 9.92. The molecule has 1 N–H and O–H groups in total. The number of fused-ring (bicyclic) bond motifs is 1. The number of benzene rings is 3. The van der Waals surface area contributed by atoms with Crippen LogP contribution in [-0.2, 0) is 4.84 Å². The van der Waals surface area contributed by atoms with Crippen LogP contribution in [0.2, 0.25) is 0 Å². The van der Waals surface area contributed by atoms with E-state index in [1.54, 1.807) is 0 Å². The zero-order chi connectivity index (χ0) is 16.6. The predicted molar refractivity (Wildman–Crippen MR) is 100 cm³/mol. The van der Waals surface area contributed by atoms with E-state index < -0.39 is 4.32 Å². The first-order chi connectivity index (χ1) is 11.7. The lowest BCUT2D eigenvalue weighted by molar-refractivity contribution is 0.148. The molecule has 1 aliphatic rings. The van der Waals surface area contributed by atoms with Gasteiger partial charge < -0.3 is 5.11 Å². The smallest absolute Gasteiger partial charge is 0.101 e. The fourth-order valence-corrected chi connectivity index (χ4v) is 3.84. The molecule has 4 rings (SSSR count). The minimum atomic E-state index is -0.536. The van der Waals surface area contributed by atoms with Gasteiger partial charge in [-0.05, 0) is 34.5 Å². The van der Waals surface area contributed by atoms with Crippen LogP contribution in [0.5, 0.6) is 0 Å². The summed E-state index contributed by atoms with van der Waals surface area (Å²) in [5.41, 5.74) is 2.09. The molecular formula is C20H18BrNO2. The first-order valence-electron chi connectivity index (χ1n) is 7.97. The molecule has 0 radical (unpaired) electrons.